The van der Waals surface area contributed by atoms with Crippen LogP contribution in [0.5, 0.6) is 0 Å². The third-order valence-electron chi connectivity index (χ3n) is 3.02. The predicted octanol–water partition coefficient (Wildman–Crippen LogP) is -1.43. The van der Waals surface area contributed by atoms with Crippen LogP contribution in [-0.2, 0) is 0 Å². The van der Waals surface area contributed by atoms with Crippen LogP contribution in [0, 0.1) is 0 Å². The fraction of sp³-hybridized carbons (Fsp3) is 1.00. The Morgan fingerprint density at radius 2 is 1.85 bits per heavy atom. The molecule has 0 aromatic heterocycles. The lowest BCUT2D eigenvalue weighted by molar-refractivity contribution is -0.0449. The van der Waals surface area contributed by atoms with Crippen molar-refractivity contribution in [3.63, 3.8) is 0 Å². The fourth-order valence-corrected chi connectivity index (χ4v) is 1.95. The molecular weight excluding hydrogens is 166 g/mol. The Morgan fingerprint density at radius 1 is 1.23 bits per heavy atom. The Hall–Kier alpha value is -0.160. The Kier molecular flexibility index (Phi) is 2.55. The van der Waals surface area contributed by atoms with Gasteiger partial charge in [-0.2, -0.15) is 0 Å². The van der Waals surface area contributed by atoms with Gasteiger partial charge in [0.05, 0.1) is 0 Å². The molecule has 2 saturated heterocycles. The Labute approximate surface area is 79.5 Å². The molecule has 2 heterocycles. The summed E-state index contributed by atoms with van der Waals surface area (Å²) >= 11 is 0. The summed E-state index contributed by atoms with van der Waals surface area (Å²) in [6.07, 6.45) is 0. The first kappa shape index (κ1) is 9.40. The lowest BCUT2D eigenvalue weighted by Crippen LogP contribution is -2.65. The summed E-state index contributed by atoms with van der Waals surface area (Å²) in [5.41, 5.74) is -0.435. The number of β-amino-alcohol motifs (C(OH)–C–C–N with tert-alkyl or cyclic N) is 1. The minimum Gasteiger partial charge on any atom is -0.386 e. The molecule has 2 aliphatic heterocycles. The van der Waals surface area contributed by atoms with Gasteiger partial charge in [0.25, 0.3) is 0 Å². The molecule has 0 saturated carbocycles. The van der Waals surface area contributed by atoms with Crippen molar-refractivity contribution in [2.75, 3.05) is 52.9 Å². The molecule has 4 heteroatoms. The number of hydrogen-bond donors (Lipinski definition) is 2. The highest BCUT2D eigenvalue weighted by molar-refractivity contribution is 4.95. The van der Waals surface area contributed by atoms with Crippen LogP contribution in [0.3, 0.4) is 0 Å². The van der Waals surface area contributed by atoms with E-state index >= 15 is 0 Å². The lowest BCUT2D eigenvalue weighted by atomic mass is 9.96. The first-order valence-electron chi connectivity index (χ1n) is 5.02. The molecular formula is C9H19N3O. The molecule has 13 heavy (non-hydrogen) atoms. The average molecular weight is 185 g/mol. The molecule has 4 nitrogen and oxygen atoms in total. The molecule has 0 spiro atoms. The summed E-state index contributed by atoms with van der Waals surface area (Å²) in [4.78, 5) is 4.69. The van der Waals surface area contributed by atoms with Gasteiger partial charge in [-0.15, -0.1) is 0 Å². The Bertz CT molecular complexity index is 174. The molecule has 0 bridgehead atoms. The van der Waals surface area contributed by atoms with Gasteiger partial charge >= 0.3 is 0 Å². The van der Waals surface area contributed by atoms with Gasteiger partial charge in [0, 0.05) is 45.8 Å². The van der Waals surface area contributed by atoms with Gasteiger partial charge in [-0.25, -0.2) is 0 Å². The Morgan fingerprint density at radius 3 is 2.31 bits per heavy atom. The third-order valence-corrected chi connectivity index (χ3v) is 3.02. The smallest absolute Gasteiger partial charge is 0.102 e. The number of aliphatic hydroxyl groups is 1. The average Bonchev–Trinajstić information content (AvgIpc) is 2.06. The molecule has 0 aromatic carbocycles. The summed E-state index contributed by atoms with van der Waals surface area (Å²) < 4.78 is 0. The SMILES string of the molecule is CN1CCN(CC2(O)CNC2)CC1. The number of piperazine rings is 1. The fourth-order valence-electron chi connectivity index (χ4n) is 1.95. The molecule has 0 atom stereocenters. The maximum atomic E-state index is 9.91. The van der Waals surface area contributed by atoms with E-state index in [9.17, 15) is 5.11 Å². The van der Waals surface area contributed by atoms with Crippen molar-refractivity contribution in [1.29, 1.82) is 0 Å². The zero-order valence-electron chi connectivity index (χ0n) is 8.29. The molecule has 0 amide bonds. The van der Waals surface area contributed by atoms with Crippen molar-refractivity contribution < 1.29 is 5.11 Å². The van der Waals surface area contributed by atoms with E-state index in [1.807, 2.05) is 0 Å². The summed E-state index contributed by atoms with van der Waals surface area (Å²) in [6.45, 7) is 6.82. The number of nitrogens with zero attached hydrogens (tertiary/aromatic N) is 2. The first-order valence-corrected chi connectivity index (χ1v) is 5.02. The second kappa shape index (κ2) is 3.53. The van der Waals surface area contributed by atoms with Crippen LogP contribution in [0.15, 0.2) is 0 Å². The van der Waals surface area contributed by atoms with Gasteiger partial charge in [-0.1, -0.05) is 0 Å². The maximum Gasteiger partial charge on any atom is 0.102 e. The maximum absolute atomic E-state index is 9.91. The van der Waals surface area contributed by atoms with E-state index in [1.165, 1.54) is 0 Å². The van der Waals surface area contributed by atoms with Crippen LogP contribution in [0.4, 0.5) is 0 Å². The van der Waals surface area contributed by atoms with Crippen LogP contribution in [-0.4, -0.2) is 73.4 Å². The van der Waals surface area contributed by atoms with E-state index in [0.29, 0.717) is 0 Å². The molecule has 76 valence electrons. The second-order valence-corrected chi connectivity index (χ2v) is 4.41. The van der Waals surface area contributed by atoms with E-state index in [0.717, 1.165) is 45.8 Å². The van der Waals surface area contributed by atoms with Crippen LogP contribution >= 0.6 is 0 Å². The van der Waals surface area contributed by atoms with Crippen LogP contribution in [0.25, 0.3) is 0 Å². The highest BCUT2D eigenvalue weighted by atomic mass is 16.3. The molecule has 2 N–H and O–H groups in total. The number of hydrogen-bond acceptors (Lipinski definition) is 4. The molecule has 2 rings (SSSR count). The lowest BCUT2D eigenvalue weighted by Gasteiger charge is -2.43. The van der Waals surface area contributed by atoms with Gasteiger partial charge in [-0.05, 0) is 7.05 Å². The van der Waals surface area contributed by atoms with Crippen LogP contribution < -0.4 is 5.32 Å². The van der Waals surface area contributed by atoms with Gasteiger partial charge in [-0.3, -0.25) is 4.90 Å². The summed E-state index contributed by atoms with van der Waals surface area (Å²) in [5.74, 6) is 0. The van der Waals surface area contributed by atoms with Crippen molar-refractivity contribution in [3.8, 4) is 0 Å². The molecule has 0 aliphatic carbocycles. The Balaban J connectivity index is 1.76. The predicted molar refractivity (Wildman–Crippen MR) is 51.8 cm³/mol. The molecule has 0 aromatic rings. The monoisotopic (exact) mass is 185 g/mol. The first-order chi connectivity index (χ1) is 6.18. The van der Waals surface area contributed by atoms with E-state index in [2.05, 4.69) is 22.2 Å². The zero-order chi connectivity index (χ0) is 9.31. The van der Waals surface area contributed by atoms with Gasteiger partial charge in [0.1, 0.15) is 5.60 Å². The third kappa shape index (κ3) is 2.20. The standard InChI is InChI=1S/C9H19N3O/c1-11-2-4-12(5-3-11)8-9(13)6-10-7-9/h10,13H,2-8H2,1H3. The van der Waals surface area contributed by atoms with E-state index in [4.69, 9.17) is 0 Å². The quantitative estimate of drug-likeness (QED) is 0.553. The minimum absolute atomic E-state index is 0.435. The van der Waals surface area contributed by atoms with Crippen molar-refractivity contribution >= 4 is 0 Å². The summed E-state index contributed by atoms with van der Waals surface area (Å²) in [5, 5.41) is 13.0. The summed E-state index contributed by atoms with van der Waals surface area (Å²) in [7, 11) is 2.15. The van der Waals surface area contributed by atoms with E-state index in [1.54, 1.807) is 0 Å². The molecule has 0 unspecified atom stereocenters. The molecule has 2 aliphatic rings. The normalized spacial score (nSPS) is 30.0. The molecule has 0 radical (unpaired) electrons. The van der Waals surface area contributed by atoms with Crippen LogP contribution in [0.2, 0.25) is 0 Å². The van der Waals surface area contributed by atoms with Gasteiger partial charge in [0.15, 0.2) is 0 Å². The summed E-state index contributed by atoms with van der Waals surface area (Å²) in [6, 6.07) is 0. The topological polar surface area (TPSA) is 38.7 Å². The number of rotatable bonds is 2. The highest BCUT2D eigenvalue weighted by Gasteiger charge is 2.36. The van der Waals surface area contributed by atoms with Crippen molar-refractivity contribution in [3.05, 3.63) is 0 Å². The zero-order valence-corrected chi connectivity index (χ0v) is 8.29. The van der Waals surface area contributed by atoms with Crippen molar-refractivity contribution in [1.82, 2.24) is 15.1 Å². The van der Waals surface area contributed by atoms with Gasteiger partial charge < -0.3 is 15.3 Å². The van der Waals surface area contributed by atoms with Crippen molar-refractivity contribution in [2.45, 2.75) is 5.60 Å². The minimum atomic E-state index is -0.435. The van der Waals surface area contributed by atoms with E-state index < -0.39 is 5.60 Å². The van der Waals surface area contributed by atoms with Crippen LogP contribution in [0.1, 0.15) is 0 Å². The largest absolute Gasteiger partial charge is 0.386 e. The molecule has 2 fully saturated rings. The van der Waals surface area contributed by atoms with Gasteiger partial charge in [0.2, 0.25) is 0 Å². The van der Waals surface area contributed by atoms with Crippen molar-refractivity contribution in [2.24, 2.45) is 0 Å². The second-order valence-electron chi connectivity index (χ2n) is 4.41. The highest BCUT2D eigenvalue weighted by Crippen LogP contribution is 2.13. The number of nitrogens with one attached hydrogen (secondary N) is 1. The number of likely N-dealkylation sites (N-methyl/N-ethyl adjacent to an activating group) is 1. The van der Waals surface area contributed by atoms with E-state index in [-0.39, 0.29) is 0 Å².